The minimum atomic E-state index is -0.452. The summed E-state index contributed by atoms with van der Waals surface area (Å²) in [6.45, 7) is 0.416. The average Bonchev–Trinajstić information content (AvgIpc) is 2.77. The molecule has 90 valence electrons. The van der Waals surface area contributed by atoms with Gasteiger partial charge in [-0.2, -0.15) is 0 Å². The number of ether oxygens (including phenoxy) is 1. The molecule has 0 saturated heterocycles. The zero-order valence-electron chi connectivity index (χ0n) is 9.31. The van der Waals surface area contributed by atoms with E-state index in [0.29, 0.717) is 29.9 Å². The molecule has 2 N–H and O–H groups in total. The van der Waals surface area contributed by atoms with Gasteiger partial charge in [-0.15, -0.1) is 0 Å². The maximum Gasteiger partial charge on any atom is 0.165 e. The van der Waals surface area contributed by atoms with Crippen molar-refractivity contribution < 1.29 is 13.8 Å². The SMILES string of the molecule is COc1c(F)cccc1-c1nonc1CCN. The van der Waals surface area contributed by atoms with Crippen LogP contribution >= 0.6 is 0 Å². The summed E-state index contributed by atoms with van der Waals surface area (Å²) >= 11 is 0. The summed E-state index contributed by atoms with van der Waals surface area (Å²) in [5.41, 5.74) is 7.02. The third-order valence-electron chi connectivity index (χ3n) is 2.36. The molecule has 0 atom stereocenters. The summed E-state index contributed by atoms with van der Waals surface area (Å²) < 4.78 is 23.2. The predicted molar refractivity (Wildman–Crippen MR) is 59.0 cm³/mol. The van der Waals surface area contributed by atoms with E-state index in [1.165, 1.54) is 13.2 Å². The predicted octanol–water partition coefficient (Wildman–Crippen LogP) is 1.39. The van der Waals surface area contributed by atoms with Crippen molar-refractivity contribution >= 4 is 0 Å². The molecular weight excluding hydrogens is 225 g/mol. The normalized spacial score (nSPS) is 10.5. The summed E-state index contributed by atoms with van der Waals surface area (Å²) in [5, 5.41) is 7.51. The second-order valence-electron chi connectivity index (χ2n) is 3.42. The molecule has 0 aliphatic heterocycles. The van der Waals surface area contributed by atoms with Gasteiger partial charge in [-0.3, -0.25) is 0 Å². The number of methoxy groups -OCH3 is 1. The van der Waals surface area contributed by atoms with Crippen LogP contribution in [0, 0.1) is 5.82 Å². The van der Waals surface area contributed by atoms with E-state index >= 15 is 0 Å². The highest BCUT2D eigenvalue weighted by Gasteiger charge is 2.18. The molecule has 1 aromatic heterocycles. The van der Waals surface area contributed by atoms with E-state index in [4.69, 9.17) is 10.5 Å². The first kappa shape index (κ1) is 11.5. The van der Waals surface area contributed by atoms with E-state index < -0.39 is 5.82 Å². The van der Waals surface area contributed by atoms with E-state index in [-0.39, 0.29) is 5.75 Å². The molecule has 17 heavy (non-hydrogen) atoms. The van der Waals surface area contributed by atoms with Crippen molar-refractivity contribution in [1.29, 1.82) is 0 Å². The Labute approximate surface area is 97.3 Å². The molecule has 0 bridgehead atoms. The molecule has 6 heteroatoms. The summed E-state index contributed by atoms with van der Waals surface area (Å²) in [5.74, 6) is -0.326. The Morgan fingerprint density at radius 3 is 2.94 bits per heavy atom. The first-order valence-electron chi connectivity index (χ1n) is 5.12. The van der Waals surface area contributed by atoms with Crippen LogP contribution in [0.25, 0.3) is 11.3 Å². The molecule has 2 aromatic rings. The van der Waals surface area contributed by atoms with Crippen molar-refractivity contribution in [1.82, 2.24) is 10.3 Å². The van der Waals surface area contributed by atoms with E-state index in [1.54, 1.807) is 12.1 Å². The molecular formula is C11H12FN3O2. The number of rotatable bonds is 4. The molecule has 0 spiro atoms. The van der Waals surface area contributed by atoms with Gasteiger partial charge in [-0.25, -0.2) is 9.02 Å². The topological polar surface area (TPSA) is 74.2 Å². The number of hydrogen-bond acceptors (Lipinski definition) is 5. The summed E-state index contributed by atoms with van der Waals surface area (Å²) in [4.78, 5) is 0. The van der Waals surface area contributed by atoms with Crippen LogP contribution in [0.4, 0.5) is 4.39 Å². The van der Waals surface area contributed by atoms with Gasteiger partial charge in [0.2, 0.25) is 0 Å². The fraction of sp³-hybridized carbons (Fsp3) is 0.273. The van der Waals surface area contributed by atoms with Gasteiger partial charge in [0.25, 0.3) is 0 Å². The lowest BCUT2D eigenvalue weighted by Gasteiger charge is -2.07. The van der Waals surface area contributed by atoms with Crippen LogP contribution in [0.2, 0.25) is 0 Å². The maximum atomic E-state index is 13.5. The van der Waals surface area contributed by atoms with Gasteiger partial charge in [-0.1, -0.05) is 11.2 Å². The number of aromatic nitrogens is 2. The largest absolute Gasteiger partial charge is 0.493 e. The highest BCUT2D eigenvalue weighted by atomic mass is 19.1. The molecule has 2 rings (SSSR count). The monoisotopic (exact) mass is 237 g/mol. The number of halogens is 1. The van der Waals surface area contributed by atoms with Gasteiger partial charge in [0, 0.05) is 6.42 Å². The third-order valence-corrected chi connectivity index (χ3v) is 2.36. The van der Waals surface area contributed by atoms with Crippen molar-refractivity contribution in [2.45, 2.75) is 6.42 Å². The lowest BCUT2D eigenvalue weighted by Crippen LogP contribution is -2.04. The molecule has 0 radical (unpaired) electrons. The van der Waals surface area contributed by atoms with E-state index in [2.05, 4.69) is 14.9 Å². The van der Waals surface area contributed by atoms with Gasteiger partial charge >= 0.3 is 0 Å². The van der Waals surface area contributed by atoms with E-state index in [0.717, 1.165) is 0 Å². The Kier molecular flexibility index (Phi) is 3.34. The zero-order chi connectivity index (χ0) is 12.3. The average molecular weight is 237 g/mol. The van der Waals surface area contributed by atoms with Crippen molar-refractivity contribution in [3.05, 3.63) is 29.7 Å². The number of nitrogens with zero attached hydrogens (tertiary/aromatic N) is 2. The lowest BCUT2D eigenvalue weighted by atomic mass is 10.1. The molecule has 5 nitrogen and oxygen atoms in total. The van der Waals surface area contributed by atoms with Gasteiger partial charge in [0.15, 0.2) is 11.6 Å². The van der Waals surface area contributed by atoms with Crippen molar-refractivity contribution in [2.24, 2.45) is 5.73 Å². The fourth-order valence-corrected chi connectivity index (χ4v) is 1.61. The quantitative estimate of drug-likeness (QED) is 0.869. The van der Waals surface area contributed by atoms with Crippen molar-refractivity contribution in [3.63, 3.8) is 0 Å². The standard InChI is InChI=1S/C11H12FN3O2/c1-16-11-7(3-2-4-8(11)12)10-9(5-6-13)14-17-15-10/h2-4H,5-6,13H2,1H3. The Morgan fingerprint density at radius 1 is 1.41 bits per heavy atom. The first-order valence-corrected chi connectivity index (χ1v) is 5.12. The molecule has 1 heterocycles. The summed E-state index contributed by atoms with van der Waals surface area (Å²) in [6.07, 6.45) is 0.512. The number of para-hydroxylation sites is 1. The molecule has 0 aliphatic carbocycles. The van der Waals surface area contributed by atoms with Gasteiger partial charge < -0.3 is 10.5 Å². The third kappa shape index (κ3) is 2.12. The highest BCUT2D eigenvalue weighted by molar-refractivity contribution is 5.68. The van der Waals surface area contributed by atoms with Crippen LogP contribution in [0.15, 0.2) is 22.8 Å². The smallest absolute Gasteiger partial charge is 0.165 e. The summed E-state index contributed by atoms with van der Waals surface area (Å²) in [6, 6.07) is 4.59. The Balaban J connectivity index is 2.52. The van der Waals surface area contributed by atoms with Crippen LogP contribution in [0.3, 0.4) is 0 Å². The van der Waals surface area contributed by atoms with Crippen LogP contribution < -0.4 is 10.5 Å². The Morgan fingerprint density at radius 2 is 2.24 bits per heavy atom. The second-order valence-corrected chi connectivity index (χ2v) is 3.42. The fourth-order valence-electron chi connectivity index (χ4n) is 1.61. The van der Waals surface area contributed by atoms with Crippen LogP contribution in [-0.2, 0) is 6.42 Å². The minimum Gasteiger partial charge on any atom is -0.493 e. The lowest BCUT2D eigenvalue weighted by molar-refractivity contribution is 0.304. The van der Waals surface area contributed by atoms with E-state index in [9.17, 15) is 4.39 Å². The van der Waals surface area contributed by atoms with Gasteiger partial charge in [0.05, 0.1) is 12.7 Å². The van der Waals surface area contributed by atoms with Crippen molar-refractivity contribution in [2.75, 3.05) is 13.7 Å². The molecule has 1 aromatic carbocycles. The Bertz CT molecular complexity index is 513. The first-order chi connectivity index (χ1) is 8.27. The number of benzene rings is 1. The molecule has 0 saturated carbocycles. The highest BCUT2D eigenvalue weighted by Crippen LogP contribution is 2.32. The zero-order valence-corrected chi connectivity index (χ0v) is 9.31. The van der Waals surface area contributed by atoms with Crippen LogP contribution in [-0.4, -0.2) is 24.0 Å². The van der Waals surface area contributed by atoms with Crippen molar-refractivity contribution in [3.8, 4) is 17.0 Å². The molecule has 0 aliphatic rings. The molecule has 0 fully saturated rings. The summed E-state index contributed by atoms with van der Waals surface area (Å²) in [7, 11) is 1.40. The number of hydrogen-bond donors (Lipinski definition) is 1. The maximum absolute atomic E-state index is 13.5. The van der Waals surface area contributed by atoms with Gasteiger partial charge in [-0.05, 0) is 23.8 Å². The van der Waals surface area contributed by atoms with Crippen LogP contribution in [0.1, 0.15) is 5.69 Å². The van der Waals surface area contributed by atoms with Crippen LogP contribution in [0.5, 0.6) is 5.75 Å². The second kappa shape index (κ2) is 4.92. The molecule has 0 amide bonds. The van der Waals surface area contributed by atoms with E-state index in [1.807, 2.05) is 0 Å². The molecule has 0 unspecified atom stereocenters. The number of nitrogens with two attached hydrogens (primary N) is 1. The van der Waals surface area contributed by atoms with Gasteiger partial charge in [0.1, 0.15) is 11.4 Å². The Hall–Kier alpha value is -1.95. The minimum absolute atomic E-state index is 0.126.